The zero-order valence-electron chi connectivity index (χ0n) is 17.4. The molecule has 0 aromatic heterocycles. The van der Waals surface area contributed by atoms with Crippen LogP contribution in [0.25, 0.3) is 0 Å². The third-order valence-electron chi connectivity index (χ3n) is 5.75. The summed E-state index contributed by atoms with van der Waals surface area (Å²) in [6.45, 7) is 3.47. The second-order valence-electron chi connectivity index (χ2n) is 7.81. The van der Waals surface area contributed by atoms with Crippen LogP contribution in [-0.2, 0) is 9.53 Å². The molecule has 0 atom stereocenters. The number of nitrogens with zero attached hydrogens (tertiary/aromatic N) is 2. The van der Waals surface area contributed by atoms with Gasteiger partial charge in [-0.1, -0.05) is 18.2 Å². The van der Waals surface area contributed by atoms with Gasteiger partial charge >= 0.3 is 6.03 Å². The number of halogens is 1. The van der Waals surface area contributed by atoms with Crippen LogP contribution in [-0.4, -0.2) is 56.2 Å². The van der Waals surface area contributed by atoms with Gasteiger partial charge in [0.1, 0.15) is 5.82 Å². The monoisotopic (exact) mass is 426 g/mol. The highest BCUT2D eigenvalue weighted by atomic mass is 19.1. The highest BCUT2D eigenvalue weighted by Crippen LogP contribution is 2.25. The van der Waals surface area contributed by atoms with Crippen LogP contribution < -0.4 is 15.5 Å². The molecule has 2 aliphatic rings. The quantitative estimate of drug-likeness (QED) is 0.784. The fourth-order valence-corrected chi connectivity index (χ4v) is 3.96. The SMILES string of the molecule is O=C(Nc1ccc(N2CCOCC2)c(F)c1)C1CCN(C(=O)Nc2ccccc2)CC1. The lowest BCUT2D eigenvalue weighted by Crippen LogP contribution is -2.43. The van der Waals surface area contributed by atoms with Gasteiger partial charge in [0.05, 0.1) is 18.9 Å². The van der Waals surface area contributed by atoms with Crippen molar-refractivity contribution in [2.45, 2.75) is 12.8 Å². The molecule has 0 aliphatic carbocycles. The van der Waals surface area contributed by atoms with Crippen molar-refractivity contribution in [3.63, 3.8) is 0 Å². The Morgan fingerprint density at radius 1 is 0.903 bits per heavy atom. The van der Waals surface area contributed by atoms with E-state index in [4.69, 9.17) is 4.74 Å². The maximum absolute atomic E-state index is 14.6. The van der Waals surface area contributed by atoms with Crippen LogP contribution in [0.4, 0.5) is 26.2 Å². The van der Waals surface area contributed by atoms with Gasteiger partial charge in [0.15, 0.2) is 0 Å². The lowest BCUT2D eigenvalue weighted by molar-refractivity contribution is -0.121. The number of benzene rings is 2. The summed E-state index contributed by atoms with van der Waals surface area (Å²) in [6.07, 6.45) is 1.14. The van der Waals surface area contributed by atoms with Crippen molar-refractivity contribution in [3.05, 3.63) is 54.3 Å². The molecule has 4 rings (SSSR count). The first-order valence-corrected chi connectivity index (χ1v) is 10.6. The number of nitrogens with one attached hydrogen (secondary N) is 2. The molecule has 0 unspecified atom stereocenters. The maximum Gasteiger partial charge on any atom is 0.321 e. The molecule has 164 valence electrons. The number of ether oxygens (including phenoxy) is 1. The molecular formula is C23H27FN4O3. The zero-order valence-corrected chi connectivity index (χ0v) is 17.4. The van der Waals surface area contributed by atoms with Crippen LogP contribution in [0.15, 0.2) is 48.5 Å². The molecule has 0 spiro atoms. The number of likely N-dealkylation sites (tertiary alicyclic amines) is 1. The molecule has 0 saturated carbocycles. The Bertz CT molecular complexity index is 910. The van der Waals surface area contributed by atoms with Crippen molar-refractivity contribution < 1.29 is 18.7 Å². The molecule has 2 aromatic carbocycles. The Labute approximate surface area is 181 Å². The molecule has 2 fully saturated rings. The average molecular weight is 426 g/mol. The number of morpholine rings is 1. The van der Waals surface area contributed by atoms with Gasteiger partial charge in [0.2, 0.25) is 5.91 Å². The van der Waals surface area contributed by atoms with Crippen LogP contribution in [0.3, 0.4) is 0 Å². The number of rotatable bonds is 4. The minimum absolute atomic E-state index is 0.137. The summed E-state index contributed by atoms with van der Waals surface area (Å²) in [5, 5.41) is 5.69. The fraction of sp³-hybridized carbons (Fsp3) is 0.391. The number of carbonyl (C=O) groups excluding carboxylic acids is 2. The summed E-state index contributed by atoms with van der Waals surface area (Å²) >= 11 is 0. The highest BCUT2D eigenvalue weighted by molar-refractivity contribution is 5.93. The fourth-order valence-electron chi connectivity index (χ4n) is 3.96. The van der Waals surface area contributed by atoms with Crippen molar-refractivity contribution in [2.75, 3.05) is 54.9 Å². The minimum atomic E-state index is -0.355. The van der Waals surface area contributed by atoms with E-state index in [2.05, 4.69) is 10.6 Å². The average Bonchev–Trinajstić information content (AvgIpc) is 2.80. The lowest BCUT2D eigenvalue weighted by Gasteiger charge is -2.31. The van der Waals surface area contributed by atoms with Crippen LogP contribution in [0, 0.1) is 11.7 Å². The van der Waals surface area contributed by atoms with Crippen LogP contribution >= 0.6 is 0 Å². The zero-order chi connectivity index (χ0) is 21.6. The number of hydrogen-bond donors (Lipinski definition) is 2. The van der Waals surface area contributed by atoms with E-state index in [1.807, 2.05) is 35.2 Å². The number of para-hydroxylation sites is 1. The minimum Gasteiger partial charge on any atom is -0.378 e. The first-order chi connectivity index (χ1) is 15.1. The Hall–Kier alpha value is -3.13. The lowest BCUT2D eigenvalue weighted by atomic mass is 9.96. The maximum atomic E-state index is 14.6. The Kier molecular flexibility index (Phi) is 6.66. The van der Waals surface area contributed by atoms with Crippen molar-refractivity contribution in [2.24, 2.45) is 5.92 Å². The molecule has 0 radical (unpaired) electrons. The van der Waals surface area contributed by atoms with Crippen molar-refractivity contribution in [3.8, 4) is 0 Å². The van der Waals surface area contributed by atoms with Gasteiger partial charge < -0.3 is 25.2 Å². The van der Waals surface area contributed by atoms with E-state index < -0.39 is 0 Å². The molecule has 2 N–H and O–H groups in total. The molecule has 2 saturated heterocycles. The van der Waals surface area contributed by atoms with Gasteiger partial charge in [-0.15, -0.1) is 0 Å². The van der Waals surface area contributed by atoms with Gasteiger partial charge in [-0.05, 0) is 43.2 Å². The van der Waals surface area contributed by atoms with Gasteiger partial charge in [0, 0.05) is 43.5 Å². The summed E-state index contributed by atoms with van der Waals surface area (Å²) < 4.78 is 19.9. The summed E-state index contributed by atoms with van der Waals surface area (Å²) in [5.74, 6) is -0.698. The molecule has 0 bridgehead atoms. The van der Waals surface area contributed by atoms with Crippen LogP contribution in [0.2, 0.25) is 0 Å². The number of amides is 3. The van der Waals surface area contributed by atoms with Gasteiger partial charge in [-0.25, -0.2) is 9.18 Å². The summed E-state index contributed by atoms with van der Waals surface area (Å²) in [7, 11) is 0. The topological polar surface area (TPSA) is 73.9 Å². The molecular weight excluding hydrogens is 399 g/mol. The smallest absolute Gasteiger partial charge is 0.321 e. The first kappa shape index (κ1) is 21.1. The standard InChI is InChI=1S/C23H27FN4O3/c24-20-16-19(6-7-21(20)27-12-14-31-15-13-27)25-22(29)17-8-10-28(11-9-17)23(30)26-18-4-2-1-3-5-18/h1-7,16-17H,8-15H2,(H,25,29)(H,26,30). The molecule has 31 heavy (non-hydrogen) atoms. The van der Waals surface area contributed by atoms with Crippen molar-refractivity contribution in [1.82, 2.24) is 4.90 Å². The van der Waals surface area contributed by atoms with Gasteiger partial charge in [-0.3, -0.25) is 4.79 Å². The first-order valence-electron chi connectivity index (χ1n) is 10.6. The molecule has 7 nitrogen and oxygen atoms in total. The van der Waals surface area contributed by atoms with Crippen molar-refractivity contribution >= 4 is 29.0 Å². The van der Waals surface area contributed by atoms with E-state index >= 15 is 0 Å². The third kappa shape index (κ3) is 5.32. The highest BCUT2D eigenvalue weighted by Gasteiger charge is 2.27. The molecule has 8 heteroatoms. The predicted molar refractivity (Wildman–Crippen MR) is 118 cm³/mol. The molecule has 3 amide bonds. The molecule has 2 heterocycles. The number of anilines is 3. The second-order valence-corrected chi connectivity index (χ2v) is 7.81. The van der Waals surface area contributed by atoms with E-state index in [1.165, 1.54) is 6.07 Å². The second kappa shape index (κ2) is 9.78. The normalized spacial score (nSPS) is 17.3. The van der Waals surface area contributed by atoms with Crippen molar-refractivity contribution in [1.29, 1.82) is 0 Å². The summed E-state index contributed by atoms with van der Waals surface area (Å²) in [4.78, 5) is 28.7. The van der Waals surface area contributed by atoms with Gasteiger partial charge in [0.25, 0.3) is 0 Å². The van der Waals surface area contributed by atoms with E-state index in [1.54, 1.807) is 17.0 Å². The number of carbonyl (C=O) groups is 2. The van der Waals surface area contributed by atoms with E-state index in [0.717, 1.165) is 5.69 Å². The molecule has 2 aliphatic heterocycles. The Morgan fingerprint density at radius 2 is 1.61 bits per heavy atom. The Balaban J connectivity index is 1.28. The van der Waals surface area contributed by atoms with E-state index in [-0.39, 0.29) is 23.7 Å². The summed E-state index contributed by atoms with van der Waals surface area (Å²) in [5.41, 5.74) is 1.72. The number of piperidine rings is 1. The third-order valence-corrected chi connectivity index (χ3v) is 5.75. The van der Waals surface area contributed by atoms with E-state index in [9.17, 15) is 14.0 Å². The van der Waals surface area contributed by atoms with E-state index in [0.29, 0.717) is 63.6 Å². The largest absolute Gasteiger partial charge is 0.378 e. The number of hydrogen-bond acceptors (Lipinski definition) is 4. The Morgan fingerprint density at radius 3 is 2.29 bits per heavy atom. The van der Waals surface area contributed by atoms with Crippen LogP contribution in [0.1, 0.15) is 12.8 Å². The predicted octanol–water partition coefficient (Wildman–Crippen LogP) is 3.54. The number of urea groups is 1. The molecule has 2 aromatic rings. The summed E-state index contributed by atoms with van der Waals surface area (Å²) in [6, 6.07) is 13.9. The van der Waals surface area contributed by atoms with Gasteiger partial charge in [-0.2, -0.15) is 0 Å². The van der Waals surface area contributed by atoms with Crippen LogP contribution in [0.5, 0.6) is 0 Å².